The van der Waals surface area contributed by atoms with Crippen LogP contribution in [0.15, 0.2) is 218 Å². The standard InChI is InChI=1S/C62H42N2/c1-61(2)50-24-12-9-23-48(50)49-36-44(33-34-51(49)61)63(43-31-28-40(29-32-43)39-16-5-3-6-17-39)45-37-55-59-57(38-45)64(42-19-7-4-8-20-42)56-35-30-41-18-15-27-54(58(41)60(56)59)62(55)52-25-13-10-21-46(52)47-22-11-14-26-53(47)62/h3-38H,1-2H3. The van der Waals surface area contributed by atoms with E-state index in [0.29, 0.717) is 0 Å². The highest BCUT2D eigenvalue weighted by Crippen LogP contribution is 2.63. The molecule has 11 aromatic rings. The topological polar surface area (TPSA) is 8.17 Å². The van der Waals surface area contributed by atoms with Gasteiger partial charge < -0.3 is 9.47 Å². The summed E-state index contributed by atoms with van der Waals surface area (Å²) in [7, 11) is 0. The molecule has 300 valence electrons. The van der Waals surface area contributed by atoms with Crippen LogP contribution in [-0.2, 0) is 10.8 Å². The fourth-order valence-corrected chi connectivity index (χ4v) is 12.3. The molecule has 0 aliphatic heterocycles. The van der Waals surface area contributed by atoms with Crippen molar-refractivity contribution in [3.8, 4) is 39.1 Å². The molecule has 2 nitrogen and oxygen atoms in total. The van der Waals surface area contributed by atoms with Gasteiger partial charge in [0, 0.05) is 38.9 Å². The molecule has 0 saturated heterocycles. The summed E-state index contributed by atoms with van der Waals surface area (Å²) in [6.45, 7) is 4.73. The summed E-state index contributed by atoms with van der Waals surface area (Å²) in [6, 6.07) is 82.1. The molecule has 10 aromatic carbocycles. The maximum Gasteiger partial charge on any atom is 0.0727 e. The van der Waals surface area contributed by atoms with Gasteiger partial charge in [-0.3, -0.25) is 0 Å². The number of rotatable bonds is 5. The smallest absolute Gasteiger partial charge is 0.0727 e. The number of hydrogen-bond donors (Lipinski definition) is 0. The van der Waals surface area contributed by atoms with E-state index in [0.717, 1.165) is 22.7 Å². The number of fused-ring (bicyclic) bond motifs is 10. The number of anilines is 3. The van der Waals surface area contributed by atoms with Crippen molar-refractivity contribution < 1.29 is 0 Å². The Morgan fingerprint density at radius 2 is 0.922 bits per heavy atom. The lowest BCUT2D eigenvalue weighted by molar-refractivity contribution is 0.660. The molecule has 0 bridgehead atoms. The van der Waals surface area contributed by atoms with Crippen molar-refractivity contribution in [2.24, 2.45) is 0 Å². The van der Waals surface area contributed by atoms with E-state index in [1.54, 1.807) is 0 Å². The van der Waals surface area contributed by atoms with Crippen LogP contribution < -0.4 is 4.90 Å². The van der Waals surface area contributed by atoms with Gasteiger partial charge in [0.25, 0.3) is 0 Å². The number of hydrogen-bond acceptors (Lipinski definition) is 1. The molecule has 1 aromatic heterocycles. The Bertz CT molecular complexity index is 3700. The Morgan fingerprint density at radius 1 is 0.344 bits per heavy atom. The van der Waals surface area contributed by atoms with Crippen LogP contribution in [0.1, 0.15) is 47.2 Å². The third kappa shape index (κ3) is 4.54. The molecule has 3 aliphatic rings. The van der Waals surface area contributed by atoms with E-state index in [4.69, 9.17) is 0 Å². The zero-order valence-corrected chi connectivity index (χ0v) is 35.7. The third-order valence-corrected chi connectivity index (χ3v) is 14.9. The third-order valence-electron chi connectivity index (χ3n) is 14.9. The first-order valence-electron chi connectivity index (χ1n) is 22.5. The van der Waals surface area contributed by atoms with Crippen LogP contribution in [0.2, 0.25) is 0 Å². The van der Waals surface area contributed by atoms with Crippen LogP contribution in [0.5, 0.6) is 0 Å². The van der Waals surface area contributed by atoms with E-state index in [1.807, 2.05) is 0 Å². The summed E-state index contributed by atoms with van der Waals surface area (Å²) in [5, 5.41) is 5.27. The molecule has 0 fully saturated rings. The van der Waals surface area contributed by atoms with Crippen molar-refractivity contribution in [2.75, 3.05) is 4.90 Å². The first-order valence-corrected chi connectivity index (χ1v) is 22.5. The highest BCUT2D eigenvalue weighted by Gasteiger charge is 2.50. The minimum absolute atomic E-state index is 0.0965. The molecule has 0 saturated carbocycles. The molecule has 0 N–H and O–H groups in total. The van der Waals surface area contributed by atoms with Gasteiger partial charge in [-0.25, -0.2) is 0 Å². The Hall–Kier alpha value is -7.94. The van der Waals surface area contributed by atoms with E-state index < -0.39 is 5.41 Å². The maximum atomic E-state index is 2.56. The van der Waals surface area contributed by atoms with Crippen molar-refractivity contribution in [1.82, 2.24) is 4.57 Å². The Morgan fingerprint density at radius 3 is 1.64 bits per heavy atom. The van der Waals surface area contributed by atoms with Crippen LogP contribution in [0.3, 0.4) is 0 Å². The van der Waals surface area contributed by atoms with Gasteiger partial charge in [0.05, 0.1) is 16.4 Å². The molecule has 0 radical (unpaired) electrons. The molecule has 0 atom stereocenters. The number of aromatic nitrogens is 1. The fraction of sp³-hybridized carbons (Fsp3) is 0.0645. The van der Waals surface area contributed by atoms with E-state index in [1.165, 1.54) is 99.3 Å². The number of nitrogens with zero attached hydrogens (tertiary/aromatic N) is 2. The second-order valence-corrected chi connectivity index (χ2v) is 18.4. The monoisotopic (exact) mass is 814 g/mol. The lowest BCUT2D eigenvalue weighted by Gasteiger charge is -2.39. The zero-order valence-electron chi connectivity index (χ0n) is 35.7. The molecule has 64 heavy (non-hydrogen) atoms. The summed E-state index contributed by atoms with van der Waals surface area (Å²) in [5.41, 5.74) is 22.0. The van der Waals surface area contributed by atoms with Gasteiger partial charge in [-0.2, -0.15) is 0 Å². The molecular formula is C62H42N2. The van der Waals surface area contributed by atoms with E-state index in [2.05, 4.69) is 242 Å². The molecule has 2 heteroatoms. The minimum Gasteiger partial charge on any atom is -0.310 e. The average molecular weight is 815 g/mol. The van der Waals surface area contributed by atoms with E-state index >= 15 is 0 Å². The lowest BCUT2D eigenvalue weighted by atomic mass is 9.63. The van der Waals surface area contributed by atoms with Gasteiger partial charge >= 0.3 is 0 Å². The molecule has 1 spiro atoms. The van der Waals surface area contributed by atoms with Crippen molar-refractivity contribution in [3.05, 3.63) is 252 Å². The van der Waals surface area contributed by atoms with Gasteiger partial charge in [-0.1, -0.05) is 178 Å². The predicted molar refractivity (Wildman–Crippen MR) is 267 cm³/mol. The highest BCUT2D eigenvalue weighted by atomic mass is 15.1. The van der Waals surface area contributed by atoms with E-state index in [9.17, 15) is 0 Å². The SMILES string of the molecule is CC1(C)c2ccccc2-c2cc(N(c3ccc(-c4ccccc4)cc3)c3cc4c5c6c7c(cccc7ccc6n(-c6ccccc6)c5c3)C43c4ccccc4-c4ccccc43)ccc21. The molecule has 0 unspecified atom stereocenters. The molecule has 3 aliphatic carbocycles. The largest absolute Gasteiger partial charge is 0.310 e. The first kappa shape index (κ1) is 35.6. The van der Waals surface area contributed by atoms with Gasteiger partial charge in [0.15, 0.2) is 0 Å². The van der Waals surface area contributed by atoms with Gasteiger partial charge in [-0.15, -0.1) is 0 Å². The van der Waals surface area contributed by atoms with Crippen LogP contribution in [0.25, 0.3) is 71.6 Å². The van der Waals surface area contributed by atoms with Crippen LogP contribution in [0, 0.1) is 0 Å². The molecule has 1 heterocycles. The second kappa shape index (κ2) is 12.8. The minimum atomic E-state index is -0.561. The van der Waals surface area contributed by atoms with Crippen molar-refractivity contribution in [1.29, 1.82) is 0 Å². The number of para-hydroxylation sites is 1. The van der Waals surface area contributed by atoms with E-state index in [-0.39, 0.29) is 5.41 Å². The Kier molecular flexibility index (Phi) is 7.13. The second-order valence-electron chi connectivity index (χ2n) is 18.4. The first-order chi connectivity index (χ1) is 31.5. The average Bonchev–Trinajstić information content (AvgIpc) is 3.93. The summed E-state index contributed by atoms with van der Waals surface area (Å²) in [5.74, 6) is 0. The molecular weight excluding hydrogens is 773 g/mol. The van der Waals surface area contributed by atoms with Crippen molar-refractivity contribution in [3.63, 3.8) is 0 Å². The van der Waals surface area contributed by atoms with Gasteiger partial charge in [-0.05, 0) is 132 Å². The van der Waals surface area contributed by atoms with Crippen LogP contribution in [-0.4, -0.2) is 4.57 Å². The van der Waals surface area contributed by atoms with Crippen molar-refractivity contribution >= 4 is 49.6 Å². The van der Waals surface area contributed by atoms with Gasteiger partial charge in [0.1, 0.15) is 0 Å². The molecule has 14 rings (SSSR count). The Balaban J connectivity index is 1.13. The van der Waals surface area contributed by atoms with Crippen LogP contribution >= 0.6 is 0 Å². The predicted octanol–water partition coefficient (Wildman–Crippen LogP) is 16.1. The Labute approximate surface area is 372 Å². The lowest BCUT2D eigenvalue weighted by Crippen LogP contribution is -2.31. The summed E-state index contributed by atoms with van der Waals surface area (Å²) < 4.78 is 2.53. The summed E-state index contributed by atoms with van der Waals surface area (Å²) >= 11 is 0. The van der Waals surface area contributed by atoms with Crippen LogP contribution in [0.4, 0.5) is 17.1 Å². The highest BCUT2D eigenvalue weighted by molar-refractivity contribution is 6.27. The molecule has 0 amide bonds. The normalized spacial score (nSPS) is 14.3. The summed E-state index contributed by atoms with van der Waals surface area (Å²) in [6.07, 6.45) is 0. The van der Waals surface area contributed by atoms with Crippen molar-refractivity contribution in [2.45, 2.75) is 24.7 Å². The van der Waals surface area contributed by atoms with Gasteiger partial charge in [0.2, 0.25) is 0 Å². The maximum absolute atomic E-state index is 2.56. The quantitative estimate of drug-likeness (QED) is 0.168. The number of benzene rings is 10. The zero-order chi connectivity index (χ0) is 42.3. The summed E-state index contributed by atoms with van der Waals surface area (Å²) in [4.78, 5) is 2.52. The fourth-order valence-electron chi connectivity index (χ4n) is 12.3.